The first-order valence-corrected chi connectivity index (χ1v) is 11.9. The summed E-state index contributed by atoms with van der Waals surface area (Å²) < 4.78 is 5.04. The van der Waals surface area contributed by atoms with Crippen molar-refractivity contribution in [3.05, 3.63) is 111 Å². The zero-order valence-electron chi connectivity index (χ0n) is 20.9. The maximum atomic E-state index is 13.3. The van der Waals surface area contributed by atoms with Crippen LogP contribution in [0.2, 0.25) is 0 Å². The zero-order chi connectivity index (χ0) is 26.0. The Bertz CT molecular complexity index is 1370. The van der Waals surface area contributed by atoms with Gasteiger partial charge in [-0.25, -0.2) is 4.79 Å². The van der Waals surface area contributed by atoms with Gasteiger partial charge >= 0.3 is 5.97 Å². The zero-order valence-corrected chi connectivity index (χ0v) is 20.9. The number of likely N-dealkylation sites (tertiary alicyclic amines) is 1. The van der Waals surface area contributed by atoms with Gasteiger partial charge in [0.1, 0.15) is 5.76 Å². The van der Waals surface area contributed by atoms with Gasteiger partial charge in [-0.15, -0.1) is 0 Å². The molecule has 3 aromatic rings. The molecule has 1 N–H and O–H groups in total. The van der Waals surface area contributed by atoms with E-state index in [0.29, 0.717) is 11.1 Å². The number of rotatable bonds is 6. The number of Topliss-reactive ketones (excluding diaryl/α,β-unsaturated/α-hetero) is 1. The number of aryl methyl sites for hydroxylation is 3. The third-order valence-corrected chi connectivity index (χ3v) is 6.36. The van der Waals surface area contributed by atoms with Crippen molar-refractivity contribution in [2.24, 2.45) is 0 Å². The summed E-state index contributed by atoms with van der Waals surface area (Å²) in [6, 6.07) is 19.2. The number of ketones is 1. The molecule has 6 nitrogen and oxygen atoms in total. The lowest BCUT2D eigenvalue weighted by molar-refractivity contribution is -0.140. The topological polar surface area (TPSA) is 83.9 Å². The van der Waals surface area contributed by atoms with E-state index in [0.717, 1.165) is 27.8 Å². The Morgan fingerprint density at radius 2 is 1.64 bits per heavy atom. The average Bonchev–Trinajstić information content (AvgIpc) is 3.10. The van der Waals surface area contributed by atoms with Crippen molar-refractivity contribution >= 4 is 23.4 Å². The van der Waals surface area contributed by atoms with Gasteiger partial charge < -0.3 is 14.7 Å². The molecule has 1 unspecified atom stereocenters. The van der Waals surface area contributed by atoms with Gasteiger partial charge in [-0.1, -0.05) is 59.7 Å². The third kappa shape index (κ3) is 4.80. The van der Waals surface area contributed by atoms with E-state index < -0.39 is 23.7 Å². The molecule has 0 aromatic heterocycles. The van der Waals surface area contributed by atoms with Crippen molar-refractivity contribution < 1.29 is 24.2 Å². The summed E-state index contributed by atoms with van der Waals surface area (Å²) in [6.45, 7) is 7.86. The molecular weight excluding hydrogens is 454 g/mol. The normalized spacial score (nSPS) is 16.9. The van der Waals surface area contributed by atoms with Crippen molar-refractivity contribution in [1.29, 1.82) is 0 Å². The van der Waals surface area contributed by atoms with Gasteiger partial charge in [-0.05, 0) is 62.6 Å². The molecule has 1 atom stereocenters. The highest BCUT2D eigenvalue weighted by atomic mass is 16.5. The summed E-state index contributed by atoms with van der Waals surface area (Å²) >= 11 is 0. The molecular formula is C30H29NO5. The number of amides is 1. The van der Waals surface area contributed by atoms with Crippen molar-refractivity contribution in [3.63, 3.8) is 0 Å². The predicted molar refractivity (Wildman–Crippen MR) is 137 cm³/mol. The summed E-state index contributed by atoms with van der Waals surface area (Å²) in [5, 5.41) is 11.4. The second kappa shape index (κ2) is 10.2. The Morgan fingerprint density at radius 1 is 0.944 bits per heavy atom. The highest BCUT2D eigenvalue weighted by molar-refractivity contribution is 6.46. The van der Waals surface area contributed by atoms with Gasteiger partial charge in [0.25, 0.3) is 11.7 Å². The minimum Gasteiger partial charge on any atom is -0.507 e. The molecule has 0 spiro atoms. The number of carbonyl (C=O) groups is 3. The minimum atomic E-state index is -0.755. The molecule has 0 bridgehead atoms. The van der Waals surface area contributed by atoms with E-state index in [1.807, 2.05) is 63.2 Å². The number of aliphatic hydroxyl groups is 1. The van der Waals surface area contributed by atoms with Gasteiger partial charge in [0.15, 0.2) is 0 Å². The van der Waals surface area contributed by atoms with Crippen molar-refractivity contribution in [2.75, 3.05) is 6.61 Å². The fourth-order valence-electron chi connectivity index (χ4n) is 4.52. The Kier molecular flexibility index (Phi) is 7.06. The SMILES string of the molecule is CCOC(=O)c1ccc(CN2C(=O)C(=O)/C(=C(/O)c3cc(C)ccc3C)C2c2cccc(C)c2)cc1. The van der Waals surface area contributed by atoms with Crippen LogP contribution in [0.4, 0.5) is 0 Å². The van der Waals surface area contributed by atoms with Gasteiger partial charge in [0, 0.05) is 12.1 Å². The van der Waals surface area contributed by atoms with Crippen LogP contribution in [0.15, 0.2) is 72.3 Å². The maximum absolute atomic E-state index is 13.3. The number of hydrogen-bond acceptors (Lipinski definition) is 5. The smallest absolute Gasteiger partial charge is 0.338 e. The van der Waals surface area contributed by atoms with Crippen LogP contribution >= 0.6 is 0 Å². The number of carbonyl (C=O) groups excluding carboxylic acids is 3. The first-order chi connectivity index (χ1) is 17.2. The van der Waals surface area contributed by atoms with Gasteiger partial charge in [-0.3, -0.25) is 9.59 Å². The number of ether oxygens (including phenoxy) is 1. The van der Waals surface area contributed by atoms with Crippen molar-refractivity contribution in [2.45, 2.75) is 40.3 Å². The highest BCUT2D eigenvalue weighted by Gasteiger charge is 2.46. The van der Waals surface area contributed by atoms with Crippen LogP contribution in [0.1, 0.15) is 56.7 Å². The Labute approximate surface area is 210 Å². The van der Waals surface area contributed by atoms with E-state index in [1.165, 1.54) is 4.90 Å². The number of nitrogens with zero attached hydrogens (tertiary/aromatic N) is 1. The average molecular weight is 484 g/mol. The maximum Gasteiger partial charge on any atom is 0.338 e. The Balaban J connectivity index is 1.80. The number of benzene rings is 3. The molecule has 1 aliphatic rings. The summed E-state index contributed by atoms with van der Waals surface area (Å²) in [7, 11) is 0. The van der Waals surface area contributed by atoms with E-state index in [2.05, 4.69) is 0 Å². The molecule has 1 heterocycles. The van der Waals surface area contributed by atoms with Crippen LogP contribution in [0.25, 0.3) is 5.76 Å². The molecule has 3 aromatic carbocycles. The van der Waals surface area contributed by atoms with Gasteiger partial charge in [0.2, 0.25) is 0 Å². The number of esters is 1. The fourth-order valence-corrected chi connectivity index (χ4v) is 4.52. The van der Waals surface area contributed by atoms with Crippen LogP contribution in [0.5, 0.6) is 0 Å². The fraction of sp³-hybridized carbons (Fsp3) is 0.233. The molecule has 1 aliphatic heterocycles. The monoisotopic (exact) mass is 483 g/mol. The first kappa shape index (κ1) is 24.9. The molecule has 4 rings (SSSR count). The third-order valence-electron chi connectivity index (χ3n) is 6.36. The first-order valence-electron chi connectivity index (χ1n) is 11.9. The molecule has 1 saturated heterocycles. The Hall–Kier alpha value is -4.19. The summed E-state index contributed by atoms with van der Waals surface area (Å²) in [5.41, 5.74) is 5.22. The van der Waals surface area contributed by atoms with Crippen LogP contribution in [-0.2, 0) is 20.9 Å². The molecule has 184 valence electrons. The van der Waals surface area contributed by atoms with Crippen LogP contribution in [0, 0.1) is 20.8 Å². The second-order valence-corrected chi connectivity index (χ2v) is 9.08. The summed E-state index contributed by atoms with van der Waals surface area (Å²) in [6.07, 6.45) is 0. The van der Waals surface area contributed by atoms with Crippen molar-refractivity contribution in [3.8, 4) is 0 Å². The van der Waals surface area contributed by atoms with E-state index >= 15 is 0 Å². The summed E-state index contributed by atoms with van der Waals surface area (Å²) in [5.74, 6) is -2.00. The van der Waals surface area contributed by atoms with E-state index in [4.69, 9.17) is 4.74 Å². The Morgan fingerprint density at radius 3 is 2.31 bits per heavy atom. The van der Waals surface area contributed by atoms with Crippen LogP contribution in [-0.4, -0.2) is 34.3 Å². The quantitative estimate of drug-likeness (QED) is 0.219. The van der Waals surface area contributed by atoms with Crippen molar-refractivity contribution in [1.82, 2.24) is 4.90 Å². The molecule has 6 heteroatoms. The minimum absolute atomic E-state index is 0.0717. The molecule has 0 aliphatic carbocycles. The van der Waals surface area contributed by atoms with E-state index in [9.17, 15) is 19.5 Å². The standard InChI is InChI=1S/C30H29NO5/c1-5-36-30(35)22-13-11-21(12-14-22)17-31-26(23-8-6-7-18(2)15-23)25(28(33)29(31)34)27(32)24-16-19(3)9-10-20(24)4/h6-16,26,32H,5,17H2,1-4H3/b27-25+. The highest BCUT2D eigenvalue weighted by Crippen LogP contribution is 2.41. The second-order valence-electron chi connectivity index (χ2n) is 9.08. The number of hydrogen-bond donors (Lipinski definition) is 1. The lowest BCUT2D eigenvalue weighted by Gasteiger charge is -2.26. The molecule has 1 amide bonds. The van der Waals surface area contributed by atoms with Gasteiger partial charge in [0.05, 0.1) is 23.8 Å². The molecule has 0 radical (unpaired) electrons. The largest absolute Gasteiger partial charge is 0.507 e. The summed E-state index contributed by atoms with van der Waals surface area (Å²) in [4.78, 5) is 40.1. The molecule has 1 fully saturated rings. The van der Waals surface area contributed by atoms with Gasteiger partial charge in [-0.2, -0.15) is 0 Å². The van der Waals surface area contributed by atoms with E-state index in [1.54, 1.807) is 31.2 Å². The lowest BCUT2D eigenvalue weighted by atomic mass is 9.92. The molecule has 0 saturated carbocycles. The van der Waals surface area contributed by atoms with E-state index in [-0.39, 0.29) is 24.5 Å². The van der Waals surface area contributed by atoms with Crippen LogP contribution in [0.3, 0.4) is 0 Å². The number of aliphatic hydroxyl groups excluding tert-OH is 1. The lowest BCUT2D eigenvalue weighted by Crippen LogP contribution is -2.29. The molecule has 36 heavy (non-hydrogen) atoms. The predicted octanol–water partition coefficient (Wildman–Crippen LogP) is 5.41. The van der Waals surface area contributed by atoms with Crippen LogP contribution < -0.4 is 0 Å².